The van der Waals surface area contributed by atoms with Gasteiger partial charge in [-0.05, 0) is 50.3 Å². The summed E-state index contributed by atoms with van der Waals surface area (Å²) in [6, 6.07) is 3.32. The molecule has 0 saturated carbocycles. The van der Waals surface area contributed by atoms with Gasteiger partial charge >= 0.3 is 0 Å². The monoisotopic (exact) mass is 269 g/mol. The van der Waals surface area contributed by atoms with Gasteiger partial charge in [-0.1, -0.05) is 18.2 Å². The zero-order chi connectivity index (χ0) is 14.5. The van der Waals surface area contributed by atoms with Crippen LogP contribution in [0.3, 0.4) is 0 Å². The normalized spacial score (nSPS) is 20.4. The Morgan fingerprint density at radius 1 is 1.45 bits per heavy atom. The van der Waals surface area contributed by atoms with Crippen molar-refractivity contribution in [3.8, 4) is 0 Å². The number of pyridine rings is 1. The van der Waals surface area contributed by atoms with Crippen molar-refractivity contribution in [1.29, 1.82) is 0 Å². The van der Waals surface area contributed by atoms with E-state index in [0.29, 0.717) is 11.5 Å². The quantitative estimate of drug-likeness (QED) is 0.677. The fourth-order valence-electron chi connectivity index (χ4n) is 2.11. The number of allylic oxidation sites excluding steroid dienone is 3. The molecule has 1 N–H and O–H groups in total. The third kappa shape index (κ3) is 3.41. The smallest absolute Gasteiger partial charge is 0.267 e. The van der Waals surface area contributed by atoms with Gasteiger partial charge in [0.25, 0.3) is 5.91 Å². The molecule has 104 valence electrons. The van der Waals surface area contributed by atoms with E-state index < -0.39 is 0 Å². The zero-order valence-electron chi connectivity index (χ0n) is 11.9. The van der Waals surface area contributed by atoms with Crippen LogP contribution >= 0.6 is 0 Å². The number of rotatable bonds is 3. The highest BCUT2D eigenvalue weighted by atomic mass is 16.2. The number of hydrogen-bond acceptors (Lipinski definition) is 3. The largest absolute Gasteiger partial charge is 0.271 e. The maximum absolute atomic E-state index is 11.9. The third-order valence-corrected chi connectivity index (χ3v) is 3.54. The number of carbonyl (C=O) groups excluding carboxylic acids is 1. The minimum Gasteiger partial charge on any atom is -0.267 e. The second-order valence-corrected chi connectivity index (χ2v) is 5.11. The summed E-state index contributed by atoms with van der Waals surface area (Å²) in [6.45, 7) is 8.06. The molecule has 0 radical (unpaired) electrons. The van der Waals surface area contributed by atoms with Crippen LogP contribution in [-0.4, -0.2) is 16.6 Å². The number of aromatic nitrogens is 1. The van der Waals surface area contributed by atoms with Crippen LogP contribution in [0.25, 0.3) is 0 Å². The Kier molecular flexibility index (Phi) is 4.45. The highest BCUT2D eigenvalue weighted by Crippen LogP contribution is 2.26. The Hall–Kier alpha value is -2.23. The van der Waals surface area contributed by atoms with Crippen LogP contribution in [0.1, 0.15) is 37.0 Å². The van der Waals surface area contributed by atoms with E-state index in [1.807, 2.05) is 13.8 Å². The number of carbonyl (C=O) groups is 1. The van der Waals surface area contributed by atoms with Crippen molar-refractivity contribution in [2.75, 3.05) is 0 Å². The van der Waals surface area contributed by atoms with E-state index in [2.05, 4.69) is 28.2 Å². The second kappa shape index (κ2) is 6.28. The van der Waals surface area contributed by atoms with Crippen molar-refractivity contribution < 1.29 is 4.79 Å². The summed E-state index contributed by atoms with van der Waals surface area (Å²) in [5.41, 5.74) is 6.36. The molecular formula is C16H19N3O. The molecule has 1 amide bonds. The Balaban J connectivity index is 2.07. The molecule has 0 unspecified atom stereocenters. The molecule has 4 heteroatoms. The molecule has 2 rings (SSSR count). The predicted molar refractivity (Wildman–Crippen MR) is 80.4 cm³/mol. The first-order valence-electron chi connectivity index (χ1n) is 6.67. The first-order chi connectivity index (χ1) is 9.58. The molecule has 1 heterocycles. The fourth-order valence-corrected chi connectivity index (χ4v) is 2.11. The van der Waals surface area contributed by atoms with Crippen LogP contribution in [0.4, 0.5) is 0 Å². The number of nitrogens with one attached hydrogen (secondary N) is 1. The molecule has 1 aliphatic carbocycles. The van der Waals surface area contributed by atoms with E-state index in [1.54, 1.807) is 24.5 Å². The van der Waals surface area contributed by atoms with Crippen molar-refractivity contribution in [2.45, 2.75) is 26.7 Å². The summed E-state index contributed by atoms with van der Waals surface area (Å²) < 4.78 is 0. The van der Waals surface area contributed by atoms with E-state index in [9.17, 15) is 4.79 Å². The average molecular weight is 269 g/mol. The predicted octanol–water partition coefficient (Wildman–Crippen LogP) is 3.10. The lowest BCUT2D eigenvalue weighted by Crippen LogP contribution is -2.23. The average Bonchev–Trinajstić information content (AvgIpc) is 2.46. The maximum Gasteiger partial charge on any atom is 0.271 e. The molecule has 0 bridgehead atoms. The Bertz CT molecular complexity index is 573. The molecule has 0 aromatic carbocycles. The lowest BCUT2D eigenvalue weighted by Gasteiger charge is -2.22. The molecule has 4 nitrogen and oxygen atoms in total. The topological polar surface area (TPSA) is 54.4 Å². The van der Waals surface area contributed by atoms with E-state index >= 15 is 0 Å². The highest BCUT2D eigenvalue weighted by molar-refractivity contribution is 6.02. The standard InChI is InChI=1S/C16H19N3O/c1-11(2)14-5-4-12(3)15(10-14)18-19-16(20)13-6-8-17-9-7-13/h4,6-9,14H,1,5,10H2,2-3H3,(H,19,20)/b18-15+/t14-/m0/s1. The molecule has 1 aromatic heterocycles. The van der Waals surface area contributed by atoms with E-state index in [-0.39, 0.29) is 5.91 Å². The second-order valence-electron chi connectivity index (χ2n) is 5.11. The first kappa shape index (κ1) is 14.2. The van der Waals surface area contributed by atoms with E-state index in [0.717, 1.165) is 29.7 Å². The SMILES string of the molecule is C=C(C)[C@H]1CC=C(C)/C(=N/NC(=O)c2ccncc2)C1. The van der Waals surface area contributed by atoms with Gasteiger partial charge in [0.15, 0.2) is 0 Å². The van der Waals surface area contributed by atoms with Crippen LogP contribution in [0.5, 0.6) is 0 Å². The molecule has 1 aromatic rings. The van der Waals surface area contributed by atoms with Crippen LogP contribution in [-0.2, 0) is 0 Å². The van der Waals surface area contributed by atoms with Crippen molar-refractivity contribution in [3.63, 3.8) is 0 Å². The summed E-state index contributed by atoms with van der Waals surface area (Å²) in [5, 5.41) is 4.26. The first-order valence-corrected chi connectivity index (χ1v) is 6.67. The van der Waals surface area contributed by atoms with Crippen LogP contribution < -0.4 is 5.43 Å². The third-order valence-electron chi connectivity index (χ3n) is 3.54. The van der Waals surface area contributed by atoms with Crippen LogP contribution in [0.15, 0.2) is 53.4 Å². The van der Waals surface area contributed by atoms with Crippen molar-refractivity contribution in [1.82, 2.24) is 10.4 Å². The number of nitrogens with zero attached hydrogens (tertiary/aromatic N) is 2. The number of amides is 1. The molecule has 1 aliphatic rings. The van der Waals surface area contributed by atoms with Gasteiger partial charge in [0.05, 0.1) is 5.71 Å². The van der Waals surface area contributed by atoms with Gasteiger partial charge < -0.3 is 0 Å². The molecule has 1 atom stereocenters. The molecular weight excluding hydrogens is 250 g/mol. The zero-order valence-corrected chi connectivity index (χ0v) is 11.9. The van der Waals surface area contributed by atoms with Crippen molar-refractivity contribution >= 4 is 11.6 Å². The summed E-state index contributed by atoms with van der Waals surface area (Å²) in [6.07, 6.45) is 7.16. The van der Waals surface area contributed by atoms with Gasteiger partial charge in [0, 0.05) is 18.0 Å². The molecule has 0 spiro atoms. The van der Waals surface area contributed by atoms with E-state index in [1.165, 1.54) is 0 Å². The van der Waals surface area contributed by atoms with Crippen LogP contribution in [0, 0.1) is 5.92 Å². The Labute approximate surface area is 119 Å². The Morgan fingerprint density at radius 3 is 2.80 bits per heavy atom. The van der Waals surface area contributed by atoms with Gasteiger partial charge in [-0.15, -0.1) is 0 Å². The lowest BCUT2D eigenvalue weighted by molar-refractivity contribution is 0.0954. The fraction of sp³-hybridized carbons (Fsp3) is 0.312. The maximum atomic E-state index is 11.9. The minimum atomic E-state index is -0.217. The number of hydrazone groups is 1. The number of hydrogen-bond donors (Lipinski definition) is 1. The highest BCUT2D eigenvalue weighted by Gasteiger charge is 2.18. The van der Waals surface area contributed by atoms with Gasteiger partial charge in [0.2, 0.25) is 0 Å². The summed E-state index contributed by atoms with van der Waals surface area (Å²) in [5.74, 6) is 0.195. The molecule has 20 heavy (non-hydrogen) atoms. The lowest BCUT2D eigenvalue weighted by atomic mass is 9.85. The molecule has 0 saturated heterocycles. The van der Waals surface area contributed by atoms with Gasteiger partial charge in [0.1, 0.15) is 0 Å². The van der Waals surface area contributed by atoms with Gasteiger partial charge in [-0.2, -0.15) is 5.10 Å². The van der Waals surface area contributed by atoms with E-state index in [4.69, 9.17) is 0 Å². The minimum absolute atomic E-state index is 0.217. The van der Waals surface area contributed by atoms with Gasteiger partial charge in [-0.25, -0.2) is 5.43 Å². The van der Waals surface area contributed by atoms with Gasteiger partial charge in [-0.3, -0.25) is 9.78 Å². The van der Waals surface area contributed by atoms with Crippen LogP contribution in [0.2, 0.25) is 0 Å². The summed E-state index contributed by atoms with van der Waals surface area (Å²) >= 11 is 0. The van der Waals surface area contributed by atoms with Crippen molar-refractivity contribution in [2.24, 2.45) is 11.0 Å². The Morgan fingerprint density at radius 2 is 2.15 bits per heavy atom. The summed E-state index contributed by atoms with van der Waals surface area (Å²) in [4.78, 5) is 15.8. The summed E-state index contributed by atoms with van der Waals surface area (Å²) in [7, 11) is 0. The molecule has 0 fully saturated rings. The van der Waals surface area contributed by atoms with Crippen molar-refractivity contribution in [3.05, 3.63) is 53.9 Å². The molecule has 0 aliphatic heterocycles.